The van der Waals surface area contributed by atoms with Gasteiger partial charge in [0, 0.05) is 28.9 Å². The molecule has 0 saturated carbocycles. The number of rotatable bonds is 5. The van der Waals surface area contributed by atoms with Gasteiger partial charge in [-0.05, 0) is 12.1 Å². The van der Waals surface area contributed by atoms with Crippen LogP contribution >= 0.6 is 0 Å². The van der Waals surface area contributed by atoms with Crippen LogP contribution in [0.15, 0.2) is 39.3 Å². The molecule has 1 aromatic carbocycles. The number of aryl methyl sites for hydroxylation is 1. The first-order valence-corrected chi connectivity index (χ1v) is 8.68. The molecule has 0 unspecified atom stereocenters. The Balaban J connectivity index is 1.68. The number of fused-ring (bicyclic) bond motifs is 1. The highest BCUT2D eigenvalue weighted by atomic mass is 16.5. The van der Waals surface area contributed by atoms with Gasteiger partial charge in [0.2, 0.25) is 11.8 Å². The number of aromatic nitrogens is 2. The summed E-state index contributed by atoms with van der Waals surface area (Å²) in [5.74, 6) is 1.65. The topological polar surface area (TPSA) is 81.2 Å². The summed E-state index contributed by atoms with van der Waals surface area (Å²) in [7, 11) is 0. The zero-order valence-electron chi connectivity index (χ0n) is 15.5. The lowest BCUT2D eigenvalue weighted by Crippen LogP contribution is -2.21. The van der Waals surface area contributed by atoms with Crippen molar-refractivity contribution in [3.05, 3.63) is 53.4 Å². The number of hydrogen-bond acceptors (Lipinski definition) is 5. The van der Waals surface area contributed by atoms with Crippen LogP contribution in [0.1, 0.15) is 50.7 Å². The quantitative estimate of drug-likeness (QED) is 0.701. The van der Waals surface area contributed by atoms with E-state index in [2.05, 4.69) is 15.5 Å². The Kier molecular flexibility index (Phi) is 4.93. The van der Waals surface area contributed by atoms with Gasteiger partial charge in [0.25, 0.3) is 0 Å². The van der Waals surface area contributed by atoms with Gasteiger partial charge in [-0.1, -0.05) is 51.1 Å². The molecule has 0 radical (unpaired) electrons. The van der Waals surface area contributed by atoms with Gasteiger partial charge in [0.15, 0.2) is 5.82 Å². The van der Waals surface area contributed by atoms with Crippen LogP contribution in [0.3, 0.4) is 0 Å². The van der Waals surface area contributed by atoms with E-state index in [0.29, 0.717) is 11.7 Å². The lowest BCUT2D eigenvalue weighted by molar-refractivity contribution is -0.116. The Labute approximate surface area is 152 Å². The summed E-state index contributed by atoms with van der Waals surface area (Å²) < 4.78 is 11.0. The van der Waals surface area contributed by atoms with E-state index in [4.69, 9.17) is 8.94 Å². The first-order chi connectivity index (χ1) is 12.4. The van der Waals surface area contributed by atoms with Gasteiger partial charge in [0.1, 0.15) is 11.3 Å². The number of furan rings is 1. The monoisotopic (exact) mass is 353 g/mol. The van der Waals surface area contributed by atoms with E-state index in [1.165, 1.54) is 6.08 Å². The van der Waals surface area contributed by atoms with E-state index in [-0.39, 0.29) is 17.9 Å². The summed E-state index contributed by atoms with van der Waals surface area (Å²) in [5, 5.41) is 7.66. The molecule has 2 heterocycles. The van der Waals surface area contributed by atoms with Crippen molar-refractivity contribution in [1.29, 1.82) is 0 Å². The molecule has 26 heavy (non-hydrogen) atoms. The maximum Gasteiger partial charge on any atom is 0.244 e. The fourth-order valence-corrected chi connectivity index (χ4v) is 2.58. The van der Waals surface area contributed by atoms with Gasteiger partial charge < -0.3 is 14.3 Å². The Morgan fingerprint density at radius 3 is 2.73 bits per heavy atom. The Bertz CT molecular complexity index is 945. The predicted molar refractivity (Wildman–Crippen MR) is 99.5 cm³/mol. The number of nitrogens with zero attached hydrogens (tertiary/aromatic N) is 2. The van der Waals surface area contributed by atoms with E-state index < -0.39 is 0 Å². The third kappa shape index (κ3) is 3.85. The molecule has 0 saturated heterocycles. The van der Waals surface area contributed by atoms with Crippen LogP contribution in [0.4, 0.5) is 0 Å². The Morgan fingerprint density at radius 2 is 2.04 bits per heavy atom. The zero-order valence-corrected chi connectivity index (χ0v) is 15.5. The smallest absolute Gasteiger partial charge is 0.244 e. The van der Waals surface area contributed by atoms with Crippen molar-refractivity contribution in [2.75, 3.05) is 0 Å². The van der Waals surface area contributed by atoms with Crippen LogP contribution in [0, 0.1) is 0 Å². The third-order valence-corrected chi connectivity index (χ3v) is 3.96. The van der Waals surface area contributed by atoms with Crippen LogP contribution in [-0.4, -0.2) is 16.0 Å². The number of hydrogen-bond donors (Lipinski definition) is 1. The number of carbonyl (C=O) groups excluding carboxylic acids is 1. The fourth-order valence-electron chi connectivity index (χ4n) is 2.58. The minimum Gasteiger partial charge on any atom is -0.460 e. The molecule has 0 fully saturated rings. The molecular weight excluding hydrogens is 330 g/mol. The normalized spacial score (nSPS) is 12.2. The summed E-state index contributed by atoms with van der Waals surface area (Å²) >= 11 is 0. The first kappa shape index (κ1) is 17.9. The van der Waals surface area contributed by atoms with E-state index in [1.807, 2.05) is 52.0 Å². The van der Waals surface area contributed by atoms with Crippen molar-refractivity contribution in [1.82, 2.24) is 15.5 Å². The summed E-state index contributed by atoms with van der Waals surface area (Å²) in [6.07, 6.45) is 4.05. The van der Waals surface area contributed by atoms with Crippen LogP contribution in [0.2, 0.25) is 0 Å². The second kappa shape index (κ2) is 7.15. The van der Waals surface area contributed by atoms with Gasteiger partial charge in [0.05, 0.1) is 6.54 Å². The highest BCUT2D eigenvalue weighted by Crippen LogP contribution is 2.27. The number of amides is 1. The van der Waals surface area contributed by atoms with Gasteiger partial charge in [-0.2, -0.15) is 4.98 Å². The summed E-state index contributed by atoms with van der Waals surface area (Å²) in [4.78, 5) is 16.4. The lowest BCUT2D eigenvalue weighted by atomic mass is 9.97. The molecule has 1 N–H and O–H groups in total. The highest BCUT2D eigenvalue weighted by molar-refractivity contribution is 5.96. The molecule has 136 valence electrons. The van der Waals surface area contributed by atoms with Crippen molar-refractivity contribution >= 4 is 23.0 Å². The van der Waals surface area contributed by atoms with E-state index in [1.54, 1.807) is 6.08 Å². The minimum absolute atomic E-state index is 0.214. The number of para-hydroxylation sites is 1. The fraction of sp³-hybridized carbons (Fsp3) is 0.350. The molecule has 0 aliphatic rings. The lowest BCUT2D eigenvalue weighted by Gasteiger charge is -2.10. The Morgan fingerprint density at radius 1 is 1.27 bits per heavy atom. The number of carbonyl (C=O) groups is 1. The second-order valence-electron chi connectivity index (χ2n) is 7.11. The van der Waals surface area contributed by atoms with E-state index >= 15 is 0 Å². The average molecular weight is 353 g/mol. The van der Waals surface area contributed by atoms with E-state index in [9.17, 15) is 4.79 Å². The number of benzene rings is 1. The van der Waals surface area contributed by atoms with Crippen LogP contribution in [0.25, 0.3) is 17.0 Å². The van der Waals surface area contributed by atoms with Crippen LogP contribution in [-0.2, 0) is 23.2 Å². The summed E-state index contributed by atoms with van der Waals surface area (Å²) in [6.45, 7) is 8.22. The standard InChI is InChI=1S/C20H23N3O3/c1-5-15-14(13-8-6-7-9-16(13)25-15)10-11-18(24)21-12-17-22-19(26-23-17)20(2,3)4/h6-11H,5,12H2,1-4H3,(H,21,24). The molecule has 6 heteroatoms. The summed E-state index contributed by atoms with van der Waals surface area (Å²) in [5.41, 5.74) is 1.55. The highest BCUT2D eigenvalue weighted by Gasteiger charge is 2.21. The average Bonchev–Trinajstić information content (AvgIpc) is 3.22. The van der Waals surface area contributed by atoms with Crippen molar-refractivity contribution in [3.8, 4) is 0 Å². The zero-order chi connectivity index (χ0) is 18.7. The number of nitrogens with one attached hydrogen (secondary N) is 1. The first-order valence-electron chi connectivity index (χ1n) is 8.68. The largest absolute Gasteiger partial charge is 0.460 e. The summed E-state index contributed by atoms with van der Waals surface area (Å²) in [6, 6.07) is 7.80. The van der Waals surface area contributed by atoms with Gasteiger partial charge in [-0.3, -0.25) is 4.79 Å². The molecule has 0 atom stereocenters. The molecular formula is C20H23N3O3. The van der Waals surface area contributed by atoms with Gasteiger partial charge >= 0.3 is 0 Å². The molecule has 0 spiro atoms. The second-order valence-corrected chi connectivity index (χ2v) is 7.11. The maximum absolute atomic E-state index is 12.1. The predicted octanol–water partition coefficient (Wildman–Crippen LogP) is 4.01. The van der Waals surface area contributed by atoms with Crippen molar-refractivity contribution in [2.45, 2.75) is 46.1 Å². The van der Waals surface area contributed by atoms with Crippen molar-refractivity contribution in [2.24, 2.45) is 0 Å². The molecule has 0 bridgehead atoms. The van der Waals surface area contributed by atoms with Crippen LogP contribution < -0.4 is 5.32 Å². The molecule has 0 aliphatic carbocycles. The van der Waals surface area contributed by atoms with Crippen LogP contribution in [0.5, 0.6) is 0 Å². The van der Waals surface area contributed by atoms with Gasteiger partial charge in [-0.25, -0.2) is 0 Å². The molecule has 0 aliphatic heterocycles. The molecule has 2 aromatic heterocycles. The SMILES string of the molecule is CCc1oc2ccccc2c1C=CC(=O)NCc1noc(C(C)(C)C)n1. The van der Waals surface area contributed by atoms with Gasteiger partial charge in [-0.15, -0.1) is 0 Å². The maximum atomic E-state index is 12.1. The molecule has 6 nitrogen and oxygen atoms in total. The van der Waals surface area contributed by atoms with Crippen molar-refractivity contribution in [3.63, 3.8) is 0 Å². The third-order valence-electron chi connectivity index (χ3n) is 3.96. The van der Waals surface area contributed by atoms with Crippen molar-refractivity contribution < 1.29 is 13.7 Å². The Hall–Kier alpha value is -2.89. The molecule has 3 aromatic rings. The molecule has 3 rings (SSSR count). The van der Waals surface area contributed by atoms with E-state index in [0.717, 1.165) is 28.7 Å². The molecule has 1 amide bonds. The minimum atomic E-state index is -0.223.